The van der Waals surface area contributed by atoms with Gasteiger partial charge in [-0.1, -0.05) is 18.2 Å². The van der Waals surface area contributed by atoms with Gasteiger partial charge in [0.25, 0.3) is 5.56 Å². The van der Waals surface area contributed by atoms with Crippen LogP contribution in [0.5, 0.6) is 5.75 Å². The number of methoxy groups -OCH3 is 1. The minimum atomic E-state index is -0.0393. The van der Waals surface area contributed by atoms with E-state index in [1.165, 1.54) is 35.2 Å². The zero-order valence-electron chi connectivity index (χ0n) is 20.2. The van der Waals surface area contributed by atoms with Crippen molar-refractivity contribution in [2.45, 2.75) is 32.6 Å². The fourth-order valence-electron chi connectivity index (χ4n) is 5.33. The summed E-state index contributed by atoms with van der Waals surface area (Å²) in [5.74, 6) is 2.21. The van der Waals surface area contributed by atoms with Gasteiger partial charge in [0.2, 0.25) is 0 Å². The maximum Gasteiger partial charge on any atom is 0.269 e. The van der Waals surface area contributed by atoms with Crippen molar-refractivity contribution < 1.29 is 4.74 Å². The summed E-state index contributed by atoms with van der Waals surface area (Å²) in [7, 11) is 1.69. The lowest BCUT2D eigenvalue weighted by Crippen LogP contribution is -2.37. The fraction of sp³-hybridized carbons (Fsp3) is 0.357. The number of thiophene rings is 1. The maximum absolute atomic E-state index is 13.0. The summed E-state index contributed by atoms with van der Waals surface area (Å²) in [6.45, 7) is 5.03. The number of aromatic nitrogens is 2. The average Bonchev–Trinajstić information content (AvgIpc) is 3.33. The van der Waals surface area contributed by atoms with Gasteiger partial charge in [0.1, 0.15) is 10.4 Å². The predicted molar refractivity (Wildman–Crippen MR) is 143 cm³/mol. The van der Waals surface area contributed by atoms with E-state index in [9.17, 15) is 4.79 Å². The molecular formula is C28H30N4O2S. The fourth-order valence-corrected chi connectivity index (χ4v) is 6.43. The van der Waals surface area contributed by atoms with Crippen LogP contribution in [-0.2, 0) is 6.42 Å². The summed E-state index contributed by atoms with van der Waals surface area (Å²) in [6.07, 6.45) is 8.88. The summed E-state index contributed by atoms with van der Waals surface area (Å²) in [5.41, 5.74) is 6.87. The molecule has 180 valence electrons. The summed E-state index contributed by atoms with van der Waals surface area (Å²) >= 11 is 1.54. The Bertz CT molecular complexity index is 1420. The Hall–Kier alpha value is -3.32. The smallest absolute Gasteiger partial charge is 0.269 e. The van der Waals surface area contributed by atoms with Gasteiger partial charge < -0.3 is 19.9 Å². The summed E-state index contributed by atoms with van der Waals surface area (Å²) in [4.78, 5) is 24.4. The molecule has 2 N–H and O–H groups in total. The number of hydrogen-bond donors (Lipinski definition) is 2. The normalized spacial score (nSPS) is 18.1. The number of fused-ring (bicyclic) bond motifs is 3. The summed E-state index contributed by atoms with van der Waals surface area (Å²) < 4.78 is 5.95. The number of dihydropyridines is 1. The van der Waals surface area contributed by atoms with Gasteiger partial charge in [-0.3, -0.25) is 4.79 Å². The topological polar surface area (TPSA) is 70.2 Å². The summed E-state index contributed by atoms with van der Waals surface area (Å²) in [6, 6.07) is 10.4. The molecule has 4 aliphatic rings. The number of rotatable bonds is 6. The predicted octanol–water partition coefficient (Wildman–Crippen LogP) is 4.95. The van der Waals surface area contributed by atoms with Gasteiger partial charge in [0, 0.05) is 30.2 Å². The highest BCUT2D eigenvalue weighted by Crippen LogP contribution is 2.35. The highest BCUT2D eigenvalue weighted by molar-refractivity contribution is 7.19. The number of nitrogens with one attached hydrogen (secondary N) is 2. The minimum Gasteiger partial charge on any atom is -0.497 e. The van der Waals surface area contributed by atoms with Gasteiger partial charge in [-0.25, -0.2) is 4.98 Å². The van der Waals surface area contributed by atoms with Gasteiger partial charge in [-0.05, 0) is 79.5 Å². The molecule has 1 aromatic carbocycles. The monoisotopic (exact) mass is 486 g/mol. The van der Waals surface area contributed by atoms with Crippen LogP contribution in [0.25, 0.3) is 21.5 Å². The van der Waals surface area contributed by atoms with Crippen molar-refractivity contribution >= 4 is 32.8 Å². The molecule has 1 fully saturated rings. The molecule has 35 heavy (non-hydrogen) atoms. The van der Waals surface area contributed by atoms with Gasteiger partial charge in [0.05, 0.1) is 18.3 Å². The van der Waals surface area contributed by atoms with E-state index in [1.807, 2.05) is 12.1 Å². The second-order valence-corrected chi connectivity index (χ2v) is 10.7. The van der Waals surface area contributed by atoms with Crippen molar-refractivity contribution in [3.8, 4) is 5.75 Å². The molecule has 6 heterocycles. The van der Waals surface area contributed by atoms with Crippen LogP contribution in [-0.4, -0.2) is 41.6 Å². The van der Waals surface area contributed by atoms with Crippen molar-refractivity contribution in [1.82, 2.24) is 20.2 Å². The Balaban J connectivity index is 1.24. The second kappa shape index (κ2) is 9.04. The Morgan fingerprint density at radius 1 is 1.17 bits per heavy atom. The number of allylic oxidation sites excluding steroid dienone is 4. The lowest BCUT2D eigenvalue weighted by molar-refractivity contribution is 0.258. The lowest BCUT2D eigenvalue weighted by Gasteiger charge is -2.39. The first-order chi connectivity index (χ1) is 17.1. The number of nitrogens with zero attached hydrogens (tertiary/aromatic N) is 2. The van der Waals surface area contributed by atoms with Crippen LogP contribution in [0, 0.1) is 5.92 Å². The van der Waals surface area contributed by atoms with Crippen molar-refractivity contribution in [2.75, 3.05) is 26.7 Å². The Morgan fingerprint density at radius 2 is 1.97 bits per heavy atom. The van der Waals surface area contributed by atoms with Gasteiger partial charge in [-0.2, -0.15) is 0 Å². The van der Waals surface area contributed by atoms with Crippen LogP contribution in [0.3, 0.4) is 0 Å². The lowest BCUT2D eigenvalue weighted by atomic mass is 9.90. The van der Waals surface area contributed by atoms with Crippen molar-refractivity contribution in [3.05, 3.63) is 80.4 Å². The highest BCUT2D eigenvalue weighted by Gasteiger charge is 2.28. The van der Waals surface area contributed by atoms with E-state index in [2.05, 4.69) is 52.5 Å². The molecule has 6 nitrogen and oxygen atoms in total. The van der Waals surface area contributed by atoms with E-state index in [0.717, 1.165) is 54.3 Å². The molecule has 4 aliphatic heterocycles. The molecule has 1 saturated heterocycles. The molecule has 0 amide bonds. The minimum absolute atomic E-state index is 0.0393. The largest absolute Gasteiger partial charge is 0.497 e. The van der Waals surface area contributed by atoms with Gasteiger partial charge in [0.15, 0.2) is 5.82 Å². The number of ether oxygens (including phenoxy) is 1. The van der Waals surface area contributed by atoms with E-state index in [0.29, 0.717) is 16.4 Å². The number of piperidine rings is 1. The van der Waals surface area contributed by atoms with Gasteiger partial charge >= 0.3 is 0 Å². The van der Waals surface area contributed by atoms with Crippen molar-refractivity contribution in [3.63, 3.8) is 0 Å². The third kappa shape index (κ3) is 4.29. The molecule has 0 saturated carbocycles. The molecule has 0 atom stereocenters. The van der Waals surface area contributed by atoms with Crippen LogP contribution in [0.4, 0.5) is 0 Å². The molecule has 0 unspecified atom stereocenters. The number of H-pyrrole nitrogens is 1. The molecule has 7 heteroatoms. The maximum atomic E-state index is 13.0. The van der Waals surface area contributed by atoms with E-state index in [1.54, 1.807) is 18.4 Å². The third-order valence-corrected chi connectivity index (χ3v) is 8.58. The molecule has 2 bridgehead atoms. The average molecular weight is 487 g/mol. The summed E-state index contributed by atoms with van der Waals surface area (Å²) in [5, 5.41) is 3.59. The van der Waals surface area contributed by atoms with Crippen LogP contribution < -0.4 is 15.6 Å². The number of benzene rings is 1. The van der Waals surface area contributed by atoms with Crippen molar-refractivity contribution in [1.29, 1.82) is 0 Å². The van der Waals surface area contributed by atoms with E-state index < -0.39 is 0 Å². The first kappa shape index (κ1) is 22.2. The van der Waals surface area contributed by atoms with Crippen LogP contribution in [0.15, 0.2) is 58.5 Å². The van der Waals surface area contributed by atoms with Crippen LogP contribution in [0.1, 0.15) is 42.5 Å². The molecule has 0 aliphatic carbocycles. The molecule has 3 aromatic rings. The second-order valence-electron chi connectivity index (χ2n) is 9.65. The van der Waals surface area contributed by atoms with Gasteiger partial charge in [-0.15, -0.1) is 11.3 Å². The molecule has 2 aromatic heterocycles. The van der Waals surface area contributed by atoms with Crippen LogP contribution >= 0.6 is 11.3 Å². The SMILES string of the molecule is COc1ccc(CCC2=CC(C)=C(c3cc4nc(C5=CC6CCN5CC6)[nH]c(=O)c4s3)CN2)cc1. The molecule has 0 spiro atoms. The van der Waals surface area contributed by atoms with E-state index >= 15 is 0 Å². The number of aryl methyl sites for hydroxylation is 1. The third-order valence-electron chi connectivity index (χ3n) is 7.40. The van der Waals surface area contributed by atoms with E-state index in [4.69, 9.17) is 9.72 Å². The number of hydrogen-bond acceptors (Lipinski definition) is 6. The van der Waals surface area contributed by atoms with Crippen LogP contribution in [0.2, 0.25) is 0 Å². The zero-order valence-corrected chi connectivity index (χ0v) is 21.0. The highest BCUT2D eigenvalue weighted by atomic mass is 32.1. The quantitative estimate of drug-likeness (QED) is 0.516. The number of aromatic amines is 1. The van der Waals surface area contributed by atoms with E-state index in [-0.39, 0.29) is 5.56 Å². The standard InChI is InChI=1S/C28H30N4O2S/c1-17-13-20(6-3-18-4-7-21(34-2)8-5-18)29-16-22(17)25-15-23-26(35-25)28(33)31-27(30-23)24-14-19-9-11-32(24)12-10-19/h4-5,7-8,13-15,19,29H,3,6,9-12,16H2,1-2H3,(H,30,31,33). The first-order valence-corrected chi connectivity index (χ1v) is 13.2. The molecule has 7 rings (SSSR count). The van der Waals surface area contributed by atoms with Crippen molar-refractivity contribution in [2.24, 2.45) is 5.92 Å². The molecule has 0 radical (unpaired) electrons. The first-order valence-electron chi connectivity index (χ1n) is 12.4. The Labute approximate surface area is 209 Å². The Kier molecular flexibility index (Phi) is 5.72. The Morgan fingerprint density at radius 3 is 2.66 bits per heavy atom. The molecular weight excluding hydrogens is 456 g/mol. The zero-order chi connectivity index (χ0) is 23.9.